The molecule has 1 aromatic carbocycles. The predicted molar refractivity (Wildman–Crippen MR) is 71.2 cm³/mol. The van der Waals surface area contributed by atoms with Gasteiger partial charge in [-0.05, 0) is 18.2 Å². The third-order valence-electron chi connectivity index (χ3n) is 2.89. The average molecular weight is 270 g/mol. The molecule has 0 saturated carbocycles. The molecule has 0 bridgehead atoms. The average Bonchev–Trinajstić information content (AvgIpc) is 2.77. The van der Waals surface area contributed by atoms with Crippen LogP contribution in [0.15, 0.2) is 35.6 Å². The summed E-state index contributed by atoms with van der Waals surface area (Å²) in [6.07, 6.45) is 3.04. The van der Waals surface area contributed by atoms with Crippen LogP contribution in [0.2, 0.25) is 0 Å². The van der Waals surface area contributed by atoms with E-state index in [1.165, 1.54) is 12.3 Å². The number of hydrogen-bond acceptors (Lipinski definition) is 5. The predicted octanol–water partition coefficient (Wildman–Crippen LogP) is 0.826. The standard InChI is InChI=1S/C13H10N4O3/c18-10-4-3-8(9-2-1-5-14-12(9)10)6-15-17-7-11(19)16-13(17)20/h1-6,18H,7H2,(H,16,19,20). The largest absolute Gasteiger partial charge is 0.506 e. The normalized spacial score (nSPS) is 15.3. The SMILES string of the molecule is O=C1CN(N=Cc2ccc(O)c3ncccc23)C(=O)N1. The summed E-state index contributed by atoms with van der Waals surface area (Å²) in [4.78, 5) is 26.5. The first-order chi connectivity index (χ1) is 9.65. The number of benzene rings is 1. The van der Waals surface area contributed by atoms with Crippen molar-refractivity contribution in [3.8, 4) is 5.75 Å². The molecule has 1 aromatic heterocycles. The highest BCUT2D eigenvalue weighted by Crippen LogP contribution is 2.24. The maximum Gasteiger partial charge on any atom is 0.344 e. The van der Waals surface area contributed by atoms with Crippen molar-refractivity contribution in [1.82, 2.24) is 15.3 Å². The number of aromatic hydroxyl groups is 1. The Bertz CT molecular complexity index is 741. The van der Waals surface area contributed by atoms with Crippen LogP contribution in [0.1, 0.15) is 5.56 Å². The first-order valence-corrected chi connectivity index (χ1v) is 5.87. The van der Waals surface area contributed by atoms with Gasteiger partial charge < -0.3 is 5.11 Å². The fourth-order valence-corrected chi connectivity index (χ4v) is 1.95. The summed E-state index contributed by atoms with van der Waals surface area (Å²) in [6, 6.07) is 6.15. The monoisotopic (exact) mass is 270 g/mol. The molecule has 0 spiro atoms. The Morgan fingerprint density at radius 1 is 1.35 bits per heavy atom. The molecule has 0 unspecified atom stereocenters. The lowest BCUT2D eigenvalue weighted by atomic mass is 10.1. The van der Waals surface area contributed by atoms with Crippen molar-refractivity contribution >= 4 is 29.1 Å². The first kappa shape index (κ1) is 12.1. The van der Waals surface area contributed by atoms with E-state index in [9.17, 15) is 14.7 Å². The van der Waals surface area contributed by atoms with Crippen molar-refractivity contribution in [2.24, 2.45) is 5.10 Å². The smallest absolute Gasteiger partial charge is 0.344 e. The van der Waals surface area contributed by atoms with E-state index in [4.69, 9.17) is 0 Å². The van der Waals surface area contributed by atoms with Gasteiger partial charge in [-0.1, -0.05) is 6.07 Å². The summed E-state index contributed by atoms with van der Waals surface area (Å²) in [6.45, 7) is -0.0937. The van der Waals surface area contributed by atoms with E-state index in [1.807, 2.05) is 0 Å². The van der Waals surface area contributed by atoms with E-state index in [0.29, 0.717) is 16.5 Å². The Kier molecular flexibility index (Phi) is 2.79. The van der Waals surface area contributed by atoms with Crippen molar-refractivity contribution in [2.45, 2.75) is 0 Å². The second kappa shape index (κ2) is 4.61. The molecule has 0 atom stereocenters. The number of imide groups is 1. The van der Waals surface area contributed by atoms with Gasteiger partial charge in [-0.3, -0.25) is 15.1 Å². The molecule has 0 aliphatic carbocycles. The van der Waals surface area contributed by atoms with Crippen LogP contribution in [0, 0.1) is 0 Å². The fraction of sp³-hybridized carbons (Fsp3) is 0.0769. The second-order valence-corrected chi connectivity index (χ2v) is 4.23. The third kappa shape index (κ3) is 2.05. The van der Waals surface area contributed by atoms with Gasteiger partial charge in [0.15, 0.2) is 0 Å². The third-order valence-corrected chi connectivity index (χ3v) is 2.89. The summed E-state index contributed by atoms with van der Waals surface area (Å²) in [5.41, 5.74) is 1.15. The van der Waals surface area contributed by atoms with Gasteiger partial charge in [-0.2, -0.15) is 5.10 Å². The lowest BCUT2D eigenvalue weighted by Crippen LogP contribution is -2.24. The van der Waals surface area contributed by atoms with Crippen LogP contribution >= 0.6 is 0 Å². The van der Waals surface area contributed by atoms with E-state index in [1.54, 1.807) is 24.4 Å². The van der Waals surface area contributed by atoms with Gasteiger partial charge in [0.25, 0.3) is 0 Å². The van der Waals surface area contributed by atoms with Crippen LogP contribution < -0.4 is 5.32 Å². The van der Waals surface area contributed by atoms with Crippen LogP contribution in [0.5, 0.6) is 5.75 Å². The van der Waals surface area contributed by atoms with Gasteiger partial charge in [-0.25, -0.2) is 9.80 Å². The number of hydrogen-bond donors (Lipinski definition) is 2. The molecule has 1 aliphatic heterocycles. The number of carbonyl (C=O) groups excluding carboxylic acids is 2. The Hall–Kier alpha value is -2.96. The molecule has 1 saturated heterocycles. The van der Waals surface area contributed by atoms with E-state index in [0.717, 1.165) is 5.01 Å². The number of phenolic OH excluding ortho intramolecular Hbond substituents is 1. The molecule has 7 heteroatoms. The Labute approximate surface area is 113 Å². The quantitative estimate of drug-likeness (QED) is 0.624. The molecule has 1 fully saturated rings. The summed E-state index contributed by atoms with van der Waals surface area (Å²) in [7, 11) is 0. The van der Waals surface area contributed by atoms with Crippen LogP contribution in [-0.2, 0) is 4.79 Å². The minimum Gasteiger partial charge on any atom is -0.506 e. The number of urea groups is 1. The minimum absolute atomic E-state index is 0.0758. The van der Waals surface area contributed by atoms with Gasteiger partial charge >= 0.3 is 6.03 Å². The molecule has 100 valence electrons. The number of fused-ring (bicyclic) bond motifs is 1. The molecule has 2 heterocycles. The number of carbonyl (C=O) groups is 2. The lowest BCUT2D eigenvalue weighted by molar-refractivity contribution is -0.118. The van der Waals surface area contributed by atoms with Crippen molar-refractivity contribution in [3.05, 3.63) is 36.0 Å². The van der Waals surface area contributed by atoms with Crippen LogP contribution in [-0.4, -0.2) is 39.8 Å². The Morgan fingerprint density at radius 2 is 2.20 bits per heavy atom. The Balaban J connectivity index is 1.97. The van der Waals surface area contributed by atoms with Crippen LogP contribution in [0.3, 0.4) is 0 Å². The van der Waals surface area contributed by atoms with Gasteiger partial charge in [0.05, 0.1) is 6.21 Å². The molecule has 2 aromatic rings. The van der Waals surface area contributed by atoms with E-state index in [-0.39, 0.29) is 18.2 Å². The highest BCUT2D eigenvalue weighted by atomic mass is 16.3. The van der Waals surface area contributed by atoms with E-state index in [2.05, 4.69) is 15.4 Å². The molecular formula is C13H10N4O3. The number of nitrogens with zero attached hydrogens (tertiary/aromatic N) is 3. The highest BCUT2D eigenvalue weighted by molar-refractivity contribution is 6.03. The van der Waals surface area contributed by atoms with Gasteiger partial charge in [0.1, 0.15) is 17.8 Å². The molecule has 3 amide bonds. The maximum absolute atomic E-state index is 11.4. The molecule has 3 rings (SSSR count). The molecule has 20 heavy (non-hydrogen) atoms. The lowest BCUT2D eigenvalue weighted by Gasteiger charge is -2.06. The number of aromatic nitrogens is 1. The summed E-state index contributed by atoms with van der Waals surface area (Å²) in [5.74, 6) is -0.309. The minimum atomic E-state index is -0.549. The van der Waals surface area contributed by atoms with E-state index >= 15 is 0 Å². The summed E-state index contributed by atoms with van der Waals surface area (Å²) in [5, 5.41) is 17.6. The number of nitrogens with one attached hydrogen (secondary N) is 1. The van der Waals surface area contributed by atoms with Crippen molar-refractivity contribution in [2.75, 3.05) is 6.54 Å². The molecule has 2 N–H and O–H groups in total. The van der Waals surface area contributed by atoms with Gasteiger partial charge in [-0.15, -0.1) is 0 Å². The van der Waals surface area contributed by atoms with Crippen molar-refractivity contribution in [3.63, 3.8) is 0 Å². The second-order valence-electron chi connectivity index (χ2n) is 4.23. The van der Waals surface area contributed by atoms with Gasteiger partial charge in [0.2, 0.25) is 5.91 Å². The number of amides is 3. The maximum atomic E-state index is 11.4. The first-order valence-electron chi connectivity index (χ1n) is 5.87. The number of phenols is 1. The molecule has 1 aliphatic rings. The van der Waals surface area contributed by atoms with E-state index < -0.39 is 6.03 Å². The fourth-order valence-electron chi connectivity index (χ4n) is 1.95. The van der Waals surface area contributed by atoms with Crippen molar-refractivity contribution < 1.29 is 14.7 Å². The number of rotatable bonds is 2. The zero-order valence-corrected chi connectivity index (χ0v) is 10.3. The van der Waals surface area contributed by atoms with Crippen molar-refractivity contribution in [1.29, 1.82) is 0 Å². The number of pyridine rings is 1. The highest BCUT2D eigenvalue weighted by Gasteiger charge is 2.25. The zero-order chi connectivity index (χ0) is 14.1. The van der Waals surface area contributed by atoms with Gasteiger partial charge in [0, 0.05) is 17.1 Å². The molecular weight excluding hydrogens is 260 g/mol. The van der Waals surface area contributed by atoms with Crippen LogP contribution in [0.4, 0.5) is 4.79 Å². The molecule has 0 radical (unpaired) electrons. The Morgan fingerprint density at radius 3 is 2.95 bits per heavy atom. The number of hydrazone groups is 1. The van der Waals surface area contributed by atoms with Crippen LogP contribution in [0.25, 0.3) is 10.9 Å². The molecule has 7 nitrogen and oxygen atoms in total. The summed E-state index contributed by atoms with van der Waals surface area (Å²) >= 11 is 0. The summed E-state index contributed by atoms with van der Waals surface area (Å²) < 4.78 is 0. The topological polar surface area (TPSA) is 94.9 Å². The zero-order valence-electron chi connectivity index (χ0n) is 10.3.